The highest BCUT2D eigenvalue weighted by molar-refractivity contribution is 8.00. The summed E-state index contributed by atoms with van der Waals surface area (Å²) >= 11 is 1.74. The first kappa shape index (κ1) is 15.6. The van der Waals surface area contributed by atoms with Crippen LogP contribution in [0.2, 0.25) is 0 Å². The van der Waals surface area contributed by atoms with Crippen LogP contribution in [0.3, 0.4) is 0 Å². The SMILES string of the molecule is Cc1ncc2c(n1)CCC[C@H]2NC(=O)[C@H]1SCCc2ccccc21. The normalized spacial score (nSPS) is 22.4. The molecule has 1 N–H and O–H groups in total. The number of rotatable bonds is 2. The summed E-state index contributed by atoms with van der Waals surface area (Å²) in [6, 6.07) is 8.35. The average molecular weight is 339 g/mol. The van der Waals surface area contributed by atoms with E-state index in [1.165, 1.54) is 11.1 Å². The van der Waals surface area contributed by atoms with E-state index >= 15 is 0 Å². The van der Waals surface area contributed by atoms with Gasteiger partial charge < -0.3 is 5.32 Å². The van der Waals surface area contributed by atoms with Gasteiger partial charge in [0, 0.05) is 17.5 Å². The zero-order valence-corrected chi connectivity index (χ0v) is 14.6. The van der Waals surface area contributed by atoms with Gasteiger partial charge in [0.25, 0.3) is 0 Å². The van der Waals surface area contributed by atoms with Crippen LogP contribution in [0.4, 0.5) is 0 Å². The summed E-state index contributed by atoms with van der Waals surface area (Å²) in [7, 11) is 0. The van der Waals surface area contributed by atoms with E-state index in [1.54, 1.807) is 11.8 Å². The third-order valence-corrected chi connectivity index (χ3v) is 6.09. The molecule has 1 aromatic heterocycles. The highest BCUT2D eigenvalue weighted by Gasteiger charge is 2.30. The van der Waals surface area contributed by atoms with Crippen LogP contribution in [0.25, 0.3) is 0 Å². The predicted molar refractivity (Wildman–Crippen MR) is 95.9 cm³/mol. The number of fused-ring (bicyclic) bond motifs is 2. The highest BCUT2D eigenvalue weighted by atomic mass is 32.2. The Bertz CT molecular complexity index is 777. The highest BCUT2D eigenvalue weighted by Crippen LogP contribution is 2.38. The molecular formula is C19H21N3OS. The fourth-order valence-corrected chi connectivity index (χ4v) is 4.86. The molecular weight excluding hydrogens is 318 g/mol. The molecule has 0 bridgehead atoms. The maximum absolute atomic E-state index is 12.9. The first-order valence-corrected chi connectivity index (χ1v) is 9.59. The Balaban J connectivity index is 1.56. The number of carbonyl (C=O) groups excluding carboxylic acids is 1. The summed E-state index contributed by atoms with van der Waals surface area (Å²) < 4.78 is 0. The van der Waals surface area contributed by atoms with Crippen LogP contribution >= 0.6 is 11.8 Å². The molecule has 0 radical (unpaired) electrons. The molecule has 4 nitrogen and oxygen atoms in total. The van der Waals surface area contributed by atoms with Crippen LogP contribution in [0.5, 0.6) is 0 Å². The van der Waals surface area contributed by atoms with Crippen molar-refractivity contribution in [2.24, 2.45) is 0 Å². The minimum atomic E-state index is -0.105. The molecule has 4 rings (SSSR count). The smallest absolute Gasteiger partial charge is 0.238 e. The van der Waals surface area contributed by atoms with Gasteiger partial charge in [-0.1, -0.05) is 24.3 Å². The molecule has 0 unspecified atom stereocenters. The van der Waals surface area contributed by atoms with Crippen molar-refractivity contribution in [2.75, 3.05) is 5.75 Å². The summed E-state index contributed by atoms with van der Waals surface area (Å²) in [4.78, 5) is 21.8. The zero-order chi connectivity index (χ0) is 16.5. The second kappa shape index (κ2) is 6.55. The number of hydrogen-bond acceptors (Lipinski definition) is 4. The van der Waals surface area contributed by atoms with E-state index < -0.39 is 0 Å². The maximum atomic E-state index is 12.9. The summed E-state index contributed by atoms with van der Waals surface area (Å²) in [5.74, 6) is 1.92. The van der Waals surface area contributed by atoms with E-state index in [2.05, 4.69) is 33.5 Å². The van der Waals surface area contributed by atoms with Gasteiger partial charge in [-0.2, -0.15) is 0 Å². The molecule has 1 aliphatic heterocycles. The van der Waals surface area contributed by atoms with E-state index in [0.29, 0.717) is 0 Å². The third kappa shape index (κ3) is 2.93. The Hall–Kier alpha value is -1.88. The standard InChI is InChI=1S/C19H21N3OS/c1-12-20-11-15-16(21-12)7-4-8-17(15)22-19(23)18-14-6-3-2-5-13(14)9-10-24-18/h2-3,5-6,11,17-18H,4,7-10H2,1H3,(H,22,23)/t17-,18+/m1/s1. The van der Waals surface area contributed by atoms with Crippen LogP contribution in [0.1, 0.15) is 52.3 Å². The van der Waals surface area contributed by atoms with Gasteiger partial charge in [0.2, 0.25) is 5.91 Å². The number of aryl methyl sites for hydroxylation is 3. The lowest BCUT2D eigenvalue weighted by atomic mass is 9.92. The van der Waals surface area contributed by atoms with Crippen molar-refractivity contribution in [3.05, 3.63) is 58.7 Å². The number of aromatic nitrogens is 2. The maximum Gasteiger partial charge on any atom is 0.238 e. The minimum Gasteiger partial charge on any atom is -0.348 e. The Labute approximate surface area is 146 Å². The van der Waals surface area contributed by atoms with Gasteiger partial charge in [-0.3, -0.25) is 4.79 Å². The number of nitrogens with one attached hydrogen (secondary N) is 1. The van der Waals surface area contributed by atoms with Gasteiger partial charge in [-0.15, -0.1) is 11.8 Å². The molecule has 124 valence electrons. The van der Waals surface area contributed by atoms with Crippen molar-refractivity contribution in [3.8, 4) is 0 Å². The number of hydrogen-bond donors (Lipinski definition) is 1. The molecule has 2 heterocycles. The molecule has 1 aliphatic carbocycles. The molecule has 0 saturated heterocycles. The van der Waals surface area contributed by atoms with E-state index in [-0.39, 0.29) is 17.2 Å². The van der Waals surface area contributed by atoms with Crippen LogP contribution in [0, 0.1) is 6.92 Å². The topological polar surface area (TPSA) is 54.9 Å². The number of nitrogens with zero attached hydrogens (tertiary/aromatic N) is 2. The monoisotopic (exact) mass is 339 g/mol. The lowest BCUT2D eigenvalue weighted by Crippen LogP contribution is -2.35. The lowest BCUT2D eigenvalue weighted by molar-refractivity contribution is -0.121. The van der Waals surface area contributed by atoms with Crippen molar-refractivity contribution in [1.82, 2.24) is 15.3 Å². The molecule has 1 amide bonds. The fraction of sp³-hybridized carbons (Fsp3) is 0.421. The van der Waals surface area contributed by atoms with Gasteiger partial charge >= 0.3 is 0 Å². The number of carbonyl (C=O) groups is 1. The van der Waals surface area contributed by atoms with E-state index in [0.717, 1.165) is 48.5 Å². The Morgan fingerprint density at radius 3 is 3.04 bits per heavy atom. The molecule has 0 spiro atoms. The van der Waals surface area contributed by atoms with Gasteiger partial charge in [0.1, 0.15) is 11.1 Å². The third-order valence-electron chi connectivity index (χ3n) is 4.85. The predicted octanol–water partition coefficient (Wildman–Crippen LogP) is 3.31. The zero-order valence-electron chi connectivity index (χ0n) is 13.8. The molecule has 0 fully saturated rings. The second-order valence-corrected chi connectivity index (χ2v) is 7.69. The number of benzene rings is 1. The minimum absolute atomic E-state index is 0.0385. The fourth-order valence-electron chi connectivity index (χ4n) is 3.66. The van der Waals surface area contributed by atoms with Gasteiger partial charge in [-0.05, 0) is 49.5 Å². The molecule has 2 atom stereocenters. The Morgan fingerprint density at radius 1 is 1.25 bits per heavy atom. The van der Waals surface area contributed by atoms with E-state index in [4.69, 9.17) is 0 Å². The van der Waals surface area contributed by atoms with Gasteiger partial charge in [0.15, 0.2) is 0 Å². The number of amides is 1. The summed E-state index contributed by atoms with van der Waals surface area (Å²) in [5, 5.41) is 3.16. The summed E-state index contributed by atoms with van der Waals surface area (Å²) in [6.07, 6.45) is 5.94. The van der Waals surface area contributed by atoms with E-state index in [9.17, 15) is 4.79 Å². The van der Waals surface area contributed by atoms with Crippen LogP contribution < -0.4 is 5.32 Å². The van der Waals surface area contributed by atoms with Crippen molar-refractivity contribution in [1.29, 1.82) is 0 Å². The summed E-state index contributed by atoms with van der Waals surface area (Å²) in [5.41, 5.74) is 4.66. The van der Waals surface area contributed by atoms with Gasteiger partial charge in [-0.25, -0.2) is 9.97 Å². The molecule has 5 heteroatoms. The Kier molecular flexibility index (Phi) is 4.27. The van der Waals surface area contributed by atoms with Crippen LogP contribution in [-0.2, 0) is 17.6 Å². The molecule has 2 aromatic rings. The first-order valence-electron chi connectivity index (χ1n) is 8.54. The van der Waals surface area contributed by atoms with Crippen molar-refractivity contribution < 1.29 is 4.79 Å². The molecule has 0 saturated carbocycles. The largest absolute Gasteiger partial charge is 0.348 e. The quantitative estimate of drug-likeness (QED) is 0.912. The van der Waals surface area contributed by atoms with Crippen molar-refractivity contribution in [3.63, 3.8) is 0 Å². The lowest BCUT2D eigenvalue weighted by Gasteiger charge is -2.29. The number of thioether (sulfide) groups is 1. The Morgan fingerprint density at radius 2 is 2.12 bits per heavy atom. The van der Waals surface area contributed by atoms with Crippen molar-refractivity contribution in [2.45, 2.75) is 43.9 Å². The summed E-state index contributed by atoms with van der Waals surface area (Å²) in [6.45, 7) is 1.91. The van der Waals surface area contributed by atoms with Gasteiger partial charge in [0.05, 0.1) is 6.04 Å². The second-order valence-electron chi connectivity index (χ2n) is 6.47. The first-order chi connectivity index (χ1) is 11.7. The van der Waals surface area contributed by atoms with E-state index in [1.807, 2.05) is 19.2 Å². The van der Waals surface area contributed by atoms with Crippen molar-refractivity contribution >= 4 is 17.7 Å². The molecule has 2 aliphatic rings. The van der Waals surface area contributed by atoms with Crippen LogP contribution in [0.15, 0.2) is 30.5 Å². The average Bonchev–Trinajstić information content (AvgIpc) is 2.61. The molecule has 24 heavy (non-hydrogen) atoms. The molecule has 1 aromatic carbocycles. The van der Waals surface area contributed by atoms with Crippen LogP contribution in [-0.4, -0.2) is 21.6 Å².